The Kier molecular flexibility index (Phi) is 6.24. The molecule has 1 aliphatic rings. The van der Waals surface area contributed by atoms with E-state index in [-0.39, 0.29) is 0 Å². The number of hydrogen-bond donors (Lipinski definition) is 2. The minimum atomic E-state index is 0.346. The lowest BCUT2D eigenvalue weighted by Gasteiger charge is -2.21. The zero-order valence-corrected chi connectivity index (χ0v) is 18.2. The maximum absolute atomic E-state index is 6.59. The van der Waals surface area contributed by atoms with E-state index in [0.29, 0.717) is 22.8 Å². The average Bonchev–Trinajstić information content (AvgIpc) is 3.12. The van der Waals surface area contributed by atoms with Gasteiger partial charge in [0.25, 0.3) is 0 Å². The highest BCUT2D eigenvalue weighted by Gasteiger charge is 2.37. The SMILES string of the molecule is Nc1ccc(NC[C@H]2C[C@H](c3ccc(Cl)cc3)[C@@H](c3ccc(Cl)cc3Cl)C2)cc1. The second-order valence-electron chi connectivity index (χ2n) is 7.77. The molecule has 3 aromatic carbocycles. The molecule has 29 heavy (non-hydrogen) atoms. The van der Waals surface area contributed by atoms with Gasteiger partial charge in [0, 0.05) is 33.0 Å². The van der Waals surface area contributed by atoms with Gasteiger partial charge in [0.2, 0.25) is 0 Å². The van der Waals surface area contributed by atoms with Gasteiger partial charge in [-0.1, -0.05) is 53.0 Å². The van der Waals surface area contributed by atoms with Crippen molar-refractivity contribution < 1.29 is 0 Å². The molecular formula is C24H23Cl3N2. The molecule has 3 atom stereocenters. The van der Waals surface area contributed by atoms with Crippen LogP contribution in [0.15, 0.2) is 66.7 Å². The van der Waals surface area contributed by atoms with E-state index < -0.39 is 0 Å². The summed E-state index contributed by atoms with van der Waals surface area (Å²) in [6, 6.07) is 22.0. The summed E-state index contributed by atoms with van der Waals surface area (Å²) in [5.41, 5.74) is 10.1. The van der Waals surface area contributed by atoms with Crippen LogP contribution in [0, 0.1) is 5.92 Å². The Bertz CT molecular complexity index is 970. The predicted molar refractivity (Wildman–Crippen MR) is 125 cm³/mol. The predicted octanol–water partition coefficient (Wildman–Crippen LogP) is 7.62. The molecule has 3 aromatic rings. The van der Waals surface area contributed by atoms with E-state index in [1.807, 2.05) is 48.5 Å². The van der Waals surface area contributed by atoms with Crippen molar-refractivity contribution >= 4 is 46.2 Å². The summed E-state index contributed by atoms with van der Waals surface area (Å²) in [6.07, 6.45) is 2.16. The molecular weight excluding hydrogens is 423 g/mol. The van der Waals surface area contributed by atoms with E-state index >= 15 is 0 Å². The number of halogens is 3. The van der Waals surface area contributed by atoms with Crippen LogP contribution in [-0.4, -0.2) is 6.54 Å². The van der Waals surface area contributed by atoms with E-state index in [4.69, 9.17) is 40.5 Å². The number of hydrogen-bond acceptors (Lipinski definition) is 2. The van der Waals surface area contributed by atoms with Gasteiger partial charge in [-0.05, 0) is 90.3 Å². The molecule has 0 spiro atoms. The summed E-state index contributed by atoms with van der Waals surface area (Å²) in [5.74, 6) is 1.27. The standard InChI is InChI=1S/C24H23Cl3N2/c25-17-3-1-16(2-4-17)22-11-15(14-29-20-8-6-19(28)7-9-20)12-23(22)21-10-5-18(26)13-24(21)27/h1-10,13,15,22-23,29H,11-12,14,28H2/t15-,22+,23+/m0/s1. The quantitative estimate of drug-likeness (QED) is 0.396. The van der Waals surface area contributed by atoms with Crippen LogP contribution in [0.25, 0.3) is 0 Å². The van der Waals surface area contributed by atoms with Crippen LogP contribution < -0.4 is 11.1 Å². The first-order valence-electron chi connectivity index (χ1n) is 9.79. The van der Waals surface area contributed by atoms with Crippen molar-refractivity contribution in [2.75, 3.05) is 17.6 Å². The zero-order valence-electron chi connectivity index (χ0n) is 15.9. The maximum Gasteiger partial charge on any atom is 0.0455 e. The third-order valence-electron chi connectivity index (χ3n) is 5.83. The Labute approximate surface area is 187 Å². The fraction of sp³-hybridized carbons (Fsp3) is 0.250. The molecule has 0 aromatic heterocycles. The van der Waals surface area contributed by atoms with E-state index in [1.165, 1.54) is 11.1 Å². The van der Waals surface area contributed by atoms with Crippen molar-refractivity contribution in [2.45, 2.75) is 24.7 Å². The van der Waals surface area contributed by atoms with Gasteiger partial charge in [0.1, 0.15) is 0 Å². The number of nitrogens with one attached hydrogen (secondary N) is 1. The molecule has 0 unspecified atom stereocenters. The summed E-state index contributed by atoms with van der Waals surface area (Å²) in [5, 5.41) is 5.73. The monoisotopic (exact) mass is 444 g/mol. The lowest BCUT2D eigenvalue weighted by atomic mass is 9.84. The zero-order chi connectivity index (χ0) is 20.4. The van der Waals surface area contributed by atoms with Gasteiger partial charge < -0.3 is 11.1 Å². The third-order valence-corrected chi connectivity index (χ3v) is 6.64. The van der Waals surface area contributed by atoms with Crippen LogP contribution >= 0.6 is 34.8 Å². The van der Waals surface area contributed by atoms with Gasteiger partial charge >= 0.3 is 0 Å². The van der Waals surface area contributed by atoms with Gasteiger partial charge in [0.15, 0.2) is 0 Å². The van der Waals surface area contributed by atoms with Crippen molar-refractivity contribution in [3.05, 3.63) is 92.9 Å². The molecule has 0 aliphatic heterocycles. The Hall–Kier alpha value is -1.87. The van der Waals surface area contributed by atoms with Crippen LogP contribution in [0.5, 0.6) is 0 Å². The van der Waals surface area contributed by atoms with Gasteiger partial charge in [-0.15, -0.1) is 0 Å². The molecule has 1 fully saturated rings. The van der Waals surface area contributed by atoms with E-state index in [1.54, 1.807) is 0 Å². The van der Waals surface area contributed by atoms with Crippen LogP contribution in [-0.2, 0) is 0 Å². The summed E-state index contributed by atoms with van der Waals surface area (Å²) < 4.78 is 0. The first-order chi connectivity index (χ1) is 14.0. The molecule has 0 saturated heterocycles. The van der Waals surface area contributed by atoms with E-state index in [2.05, 4.69) is 23.5 Å². The van der Waals surface area contributed by atoms with E-state index in [0.717, 1.165) is 40.8 Å². The highest BCUT2D eigenvalue weighted by molar-refractivity contribution is 6.35. The van der Waals surface area contributed by atoms with Crippen LogP contribution in [0.3, 0.4) is 0 Å². The van der Waals surface area contributed by atoms with Crippen molar-refractivity contribution in [1.82, 2.24) is 0 Å². The van der Waals surface area contributed by atoms with Crippen LogP contribution in [0.1, 0.15) is 35.8 Å². The largest absolute Gasteiger partial charge is 0.399 e. The number of anilines is 2. The normalized spacial score (nSPS) is 21.3. The molecule has 3 N–H and O–H groups in total. The Morgan fingerprint density at radius 1 is 0.793 bits per heavy atom. The number of nitrogen functional groups attached to an aromatic ring is 1. The fourth-order valence-electron chi connectivity index (χ4n) is 4.40. The number of nitrogens with two attached hydrogens (primary N) is 1. The van der Waals surface area contributed by atoms with Crippen LogP contribution in [0.2, 0.25) is 15.1 Å². The Morgan fingerprint density at radius 2 is 1.45 bits per heavy atom. The number of rotatable bonds is 5. The molecule has 2 nitrogen and oxygen atoms in total. The van der Waals surface area contributed by atoms with Crippen LogP contribution in [0.4, 0.5) is 11.4 Å². The van der Waals surface area contributed by atoms with Crippen molar-refractivity contribution in [3.8, 4) is 0 Å². The Balaban J connectivity index is 1.56. The molecule has 0 heterocycles. The smallest absolute Gasteiger partial charge is 0.0455 e. The minimum absolute atomic E-state index is 0.346. The first kappa shape index (κ1) is 20.4. The molecule has 0 bridgehead atoms. The molecule has 1 aliphatic carbocycles. The van der Waals surface area contributed by atoms with Crippen molar-refractivity contribution in [3.63, 3.8) is 0 Å². The summed E-state index contributed by atoms with van der Waals surface area (Å²) >= 11 is 18.8. The molecule has 0 radical (unpaired) electrons. The van der Waals surface area contributed by atoms with Gasteiger partial charge in [-0.3, -0.25) is 0 Å². The summed E-state index contributed by atoms with van der Waals surface area (Å²) in [6.45, 7) is 0.912. The lowest BCUT2D eigenvalue weighted by Crippen LogP contribution is -2.11. The van der Waals surface area contributed by atoms with Gasteiger partial charge in [-0.25, -0.2) is 0 Å². The average molecular weight is 446 g/mol. The summed E-state index contributed by atoms with van der Waals surface area (Å²) in [4.78, 5) is 0. The van der Waals surface area contributed by atoms with Crippen molar-refractivity contribution in [2.24, 2.45) is 5.92 Å². The van der Waals surface area contributed by atoms with Crippen molar-refractivity contribution in [1.29, 1.82) is 0 Å². The molecule has 5 heteroatoms. The lowest BCUT2D eigenvalue weighted by molar-refractivity contribution is 0.565. The molecule has 1 saturated carbocycles. The first-order valence-corrected chi connectivity index (χ1v) is 10.9. The maximum atomic E-state index is 6.59. The molecule has 0 amide bonds. The Morgan fingerprint density at radius 3 is 2.14 bits per heavy atom. The van der Waals surface area contributed by atoms with Gasteiger partial charge in [0.05, 0.1) is 0 Å². The fourth-order valence-corrected chi connectivity index (χ4v) is 5.07. The summed E-state index contributed by atoms with van der Waals surface area (Å²) in [7, 11) is 0. The topological polar surface area (TPSA) is 38.0 Å². The second-order valence-corrected chi connectivity index (χ2v) is 9.05. The number of benzene rings is 3. The highest BCUT2D eigenvalue weighted by atomic mass is 35.5. The minimum Gasteiger partial charge on any atom is -0.399 e. The molecule has 150 valence electrons. The second kappa shape index (κ2) is 8.87. The third kappa shape index (κ3) is 4.83. The highest BCUT2D eigenvalue weighted by Crippen LogP contribution is 2.50. The molecule has 4 rings (SSSR count). The van der Waals surface area contributed by atoms with E-state index in [9.17, 15) is 0 Å². The van der Waals surface area contributed by atoms with Gasteiger partial charge in [-0.2, -0.15) is 0 Å².